The van der Waals surface area contributed by atoms with Crippen molar-refractivity contribution in [3.8, 4) is 0 Å². The van der Waals surface area contributed by atoms with E-state index in [1.807, 2.05) is 0 Å². The minimum atomic E-state index is 0.570. The van der Waals surface area contributed by atoms with Crippen molar-refractivity contribution in [3.05, 3.63) is 12.2 Å². The van der Waals surface area contributed by atoms with E-state index < -0.39 is 0 Å². The fourth-order valence-corrected chi connectivity index (χ4v) is 2.11. The summed E-state index contributed by atoms with van der Waals surface area (Å²) in [4.78, 5) is 6.95. The summed E-state index contributed by atoms with van der Waals surface area (Å²) in [5.74, 6) is 2.59. The number of aliphatic imine (C=N–C) groups is 1. The van der Waals surface area contributed by atoms with Crippen molar-refractivity contribution in [2.24, 2.45) is 10.9 Å². The van der Waals surface area contributed by atoms with Crippen LogP contribution in [0.5, 0.6) is 0 Å². The van der Waals surface area contributed by atoms with Crippen LogP contribution in [0.15, 0.2) is 11.3 Å². The quantitative estimate of drug-likeness (QED) is 0.561. The van der Waals surface area contributed by atoms with Crippen LogP contribution in [-0.2, 0) is 13.0 Å². The summed E-state index contributed by atoms with van der Waals surface area (Å²) in [6, 6.07) is 0. The van der Waals surface area contributed by atoms with Crippen molar-refractivity contribution < 1.29 is 0 Å². The van der Waals surface area contributed by atoms with Crippen LogP contribution in [0.1, 0.15) is 46.4 Å². The van der Waals surface area contributed by atoms with Crippen molar-refractivity contribution >= 4 is 5.96 Å². The summed E-state index contributed by atoms with van der Waals surface area (Å²) in [5.41, 5.74) is 0. The molecule has 0 radical (unpaired) electrons. The van der Waals surface area contributed by atoms with Crippen molar-refractivity contribution in [1.29, 1.82) is 0 Å². The van der Waals surface area contributed by atoms with Crippen molar-refractivity contribution in [2.75, 3.05) is 26.7 Å². The SMILES string of the molecule is CCCCN(C)C(=NCC(C)C)NCCn1cnnc1CC. The largest absolute Gasteiger partial charge is 0.354 e. The molecule has 1 rings (SSSR count). The fourth-order valence-electron chi connectivity index (χ4n) is 2.11. The minimum Gasteiger partial charge on any atom is -0.354 e. The molecule has 1 N–H and O–H groups in total. The van der Waals surface area contributed by atoms with Gasteiger partial charge < -0.3 is 14.8 Å². The van der Waals surface area contributed by atoms with E-state index in [-0.39, 0.29) is 0 Å². The Labute approximate surface area is 135 Å². The van der Waals surface area contributed by atoms with Gasteiger partial charge >= 0.3 is 0 Å². The van der Waals surface area contributed by atoms with Gasteiger partial charge in [-0.25, -0.2) is 0 Å². The Morgan fingerprint density at radius 3 is 2.82 bits per heavy atom. The molecule has 0 aromatic carbocycles. The third-order valence-corrected chi connectivity index (χ3v) is 3.46. The van der Waals surface area contributed by atoms with Crippen LogP contribution >= 0.6 is 0 Å². The molecule has 0 atom stereocenters. The van der Waals surface area contributed by atoms with E-state index in [0.717, 1.165) is 44.4 Å². The molecule has 0 saturated carbocycles. The molecule has 0 fully saturated rings. The first-order valence-corrected chi connectivity index (χ1v) is 8.44. The molecule has 22 heavy (non-hydrogen) atoms. The summed E-state index contributed by atoms with van der Waals surface area (Å²) in [5, 5.41) is 11.6. The van der Waals surface area contributed by atoms with E-state index in [0.29, 0.717) is 5.92 Å². The molecule has 6 heteroatoms. The second-order valence-electron chi connectivity index (χ2n) is 6.05. The van der Waals surface area contributed by atoms with E-state index >= 15 is 0 Å². The van der Waals surface area contributed by atoms with Crippen LogP contribution in [0.3, 0.4) is 0 Å². The van der Waals surface area contributed by atoms with Crippen LogP contribution in [-0.4, -0.2) is 52.3 Å². The smallest absolute Gasteiger partial charge is 0.193 e. The van der Waals surface area contributed by atoms with Crippen molar-refractivity contribution in [2.45, 2.75) is 53.5 Å². The number of nitrogens with one attached hydrogen (secondary N) is 1. The summed E-state index contributed by atoms with van der Waals surface area (Å²) in [7, 11) is 2.11. The molecule has 0 amide bonds. The standard InChI is InChI=1S/C16H32N6/c1-6-8-10-21(5)16(18-12-14(3)4)17-9-11-22-13-19-20-15(22)7-2/h13-14H,6-12H2,1-5H3,(H,17,18). The minimum absolute atomic E-state index is 0.570. The van der Waals surface area contributed by atoms with E-state index in [1.165, 1.54) is 12.8 Å². The first-order chi connectivity index (χ1) is 10.6. The Morgan fingerprint density at radius 2 is 2.18 bits per heavy atom. The molecule has 0 saturated heterocycles. The summed E-state index contributed by atoms with van der Waals surface area (Å²) in [6.07, 6.45) is 5.09. The number of nitrogens with zero attached hydrogens (tertiary/aromatic N) is 5. The van der Waals surface area contributed by atoms with Gasteiger partial charge in [-0.2, -0.15) is 0 Å². The van der Waals surface area contributed by atoms with Gasteiger partial charge in [0.05, 0.1) is 0 Å². The van der Waals surface area contributed by atoms with E-state index in [4.69, 9.17) is 4.99 Å². The molecular formula is C16H32N6. The van der Waals surface area contributed by atoms with Crippen LogP contribution < -0.4 is 5.32 Å². The Hall–Kier alpha value is -1.59. The third-order valence-electron chi connectivity index (χ3n) is 3.46. The maximum Gasteiger partial charge on any atom is 0.193 e. The number of unbranched alkanes of at least 4 members (excludes halogenated alkanes) is 1. The molecule has 1 heterocycles. The van der Waals surface area contributed by atoms with Gasteiger partial charge in [0.1, 0.15) is 12.2 Å². The lowest BCUT2D eigenvalue weighted by atomic mass is 10.2. The molecule has 0 spiro atoms. The van der Waals surface area contributed by atoms with E-state index in [9.17, 15) is 0 Å². The molecular weight excluding hydrogens is 276 g/mol. The average Bonchev–Trinajstić information content (AvgIpc) is 2.95. The zero-order chi connectivity index (χ0) is 16.4. The van der Waals surface area contributed by atoms with Crippen LogP contribution in [0.4, 0.5) is 0 Å². The van der Waals surface area contributed by atoms with Gasteiger partial charge in [0.2, 0.25) is 0 Å². The van der Waals surface area contributed by atoms with Gasteiger partial charge in [-0.05, 0) is 12.3 Å². The molecule has 0 bridgehead atoms. The Balaban J connectivity index is 2.54. The van der Waals surface area contributed by atoms with Gasteiger partial charge in [0, 0.05) is 39.6 Å². The van der Waals surface area contributed by atoms with Gasteiger partial charge in [0.15, 0.2) is 5.96 Å². The van der Waals surface area contributed by atoms with Crippen LogP contribution in [0.25, 0.3) is 0 Å². The topological polar surface area (TPSA) is 58.3 Å². The summed E-state index contributed by atoms with van der Waals surface area (Å²) < 4.78 is 2.10. The molecule has 6 nitrogen and oxygen atoms in total. The number of aromatic nitrogens is 3. The zero-order valence-corrected chi connectivity index (χ0v) is 14.8. The predicted octanol–water partition coefficient (Wildman–Crippen LogP) is 2.17. The fraction of sp³-hybridized carbons (Fsp3) is 0.812. The molecule has 1 aromatic heterocycles. The van der Waals surface area contributed by atoms with Crippen LogP contribution in [0.2, 0.25) is 0 Å². The molecule has 0 aliphatic carbocycles. The number of rotatable bonds is 9. The van der Waals surface area contributed by atoms with Gasteiger partial charge in [-0.1, -0.05) is 34.1 Å². The van der Waals surface area contributed by atoms with Crippen molar-refractivity contribution in [1.82, 2.24) is 25.0 Å². The van der Waals surface area contributed by atoms with Gasteiger partial charge in [-0.3, -0.25) is 4.99 Å². The van der Waals surface area contributed by atoms with Crippen LogP contribution in [0, 0.1) is 5.92 Å². The Kier molecular flexibility index (Phi) is 8.55. The highest BCUT2D eigenvalue weighted by Crippen LogP contribution is 1.98. The molecule has 0 aliphatic heterocycles. The van der Waals surface area contributed by atoms with E-state index in [2.05, 4.69) is 59.7 Å². The highest BCUT2D eigenvalue weighted by Gasteiger charge is 2.07. The lowest BCUT2D eigenvalue weighted by molar-refractivity contribution is 0.457. The molecule has 126 valence electrons. The number of hydrogen-bond acceptors (Lipinski definition) is 3. The van der Waals surface area contributed by atoms with Gasteiger partial charge in [0.25, 0.3) is 0 Å². The maximum absolute atomic E-state index is 4.73. The number of guanidine groups is 1. The first kappa shape index (κ1) is 18.5. The van der Waals surface area contributed by atoms with Crippen molar-refractivity contribution in [3.63, 3.8) is 0 Å². The second kappa shape index (κ2) is 10.2. The third kappa shape index (κ3) is 6.45. The first-order valence-electron chi connectivity index (χ1n) is 8.44. The predicted molar refractivity (Wildman–Crippen MR) is 92.1 cm³/mol. The Morgan fingerprint density at radius 1 is 1.41 bits per heavy atom. The molecule has 1 aromatic rings. The molecule has 0 aliphatic rings. The highest BCUT2D eigenvalue weighted by atomic mass is 15.3. The number of aryl methyl sites for hydroxylation is 1. The number of hydrogen-bond donors (Lipinski definition) is 1. The lowest BCUT2D eigenvalue weighted by Gasteiger charge is -2.23. The van der Waals surface area contributed by atoms with E-state index in [1.54, 1.807) is 6.33 Å². The summed E-state index contributed by atoms with van der Waals surface area (Å²) in [6.45, 7) is 12.3. The monoisotopic (exact) mass is 308 g/mol. The highest BCUT2D eigenvalue weighted by molar-refractivity contribution is 5.79. The molecule has 0 unspecified atom stereocenters. The van der Waals surface area contributed by atoms with Gasteiger partial charge in [-0.15, -0.1) is 10.2 Å². The zero-order valence-electron chi connectivity index (χ0n) is 14.8. The average molecular weight is 308 g/mol. The maximum atomic E-state index is 4.73. The summed E-state index contributed by atoms with van der Waals surface area (Å²) >= 11 is 0. The normalized spacial score (nSPS) is 12.0. The lowest BCUT2D eigenvalue weighted by Crippen LogP contribution is -2.41. The Bertz CT molecular complexity index is 438. The second-order valence-corrected chi connectivity index (χ2v) is 6.05.